The lowest BCUT2D eigenvalue weighted by molar-refractivity contribution is -0.141. The number of amides is 5. The molecule has 0 spiro atoms. The minimum atomic E-state index is -0.991. The Morgan fingerprint density at radius 1 is 0.913 bits per heavy atom. The molecule has 2 aliphatic rings. The molecule has 2 aromatic rings. The van der Waals surface area contributed by atoms with Gasteiger partial charge in [-0.05, 0) is 67.9 Å². The van der Waals surface area contributed by atoms with Crippen LogP contribution in [-0.4, -0.2) is 79.9 Å². The highest BCUT2D eigenvalue weighted by Gasteiger charge is 2.51. The molecule has 3 heterocycles. The van der Waals surface area contributed by atoms with Gasteiger partial charge in [-0.15, -0.1) is 4.99 Å². The molecule has 1 saturated heterocycles. The Hall–Kier alpha value is -4.66. The molecule has 2 bridgehead atoms. The van der Waals surface area contributed by atoms with Crippen LogP contribution in [0.2, 0.25) is 0 Å². The number of nitrogens with zero attached hydrogens (tertiary/aromatic N) is 5. The fourth-order valence-electron chi connectivity index (χ4n) is 4.82. The Morgan fingerprint density at radius 3 is 2.13 bits per heavy atom. The van der Waals surface area contributed by atoms with E-state index in [2.05, 4.69) is 20.7 Å². The molecule has 1 aromatic heterocycles. The molecule has 2 aliphatic heterocycles. The summed E-state index contributed by atoms with van der Waals surface area (Å²) in [6.45, 7) is 15.6. The van der Waals surface area contributed by atoms with Crippen LogP contribution in [0.4, 0.5) is 19.2 Å². The SMILES string of the molecule is CC(C)(C)OC(=O)N=C(NC(=O)OC(C)(C)C)n1ncc2c1[C@@H](CNC(=O)OC(C)(C)C)N1C[C@H]2N(OCc2ccccc2)C1=O. The van der Waals surface area contributed by atoms with Gasteiger partial charge in [0.1, 0.15) is 29.5 Å². The summed E-state index contributed by atoms with van der Waals surface area (Å²) in [6.07, 6.45) is -1.07. The zero-order valence-corrected chi connectivity index (χ0v) is 27.7. The first kappa shape index (κ1) is 34.2. The second-order valence-electron chi connectivity index (χ2n) is 13.9. The maximum Gasteiger partial charge on any atom is 0.437 e. The van der Waals surface area contributed by atoms with Gasteiger partial charge in [-0.1, -0.05) is 30.3 Å². The van der Waals surface area contributed by atoms with E-state index in [4.69, 9.17) is 19.0 Å². The summed E-state index contributed by atoms with van der Waals surface area (Å²) in [4.78, 5) is 63.8. The average molecular weight is 642 g/mol. The number of urea groups is 1. The summed E-state index contributed by atoms with van der Waals surface area (Å²) in [5, 5.41) is 11.0. The number of alkyl carbamates (subject to hydrolysis) is 2. The van der Waals surface area contributed by atoms with E-state index < -0.39 is 53.2 Å². The van der Waals surface area contributed by atoms with Crippen molar-refractivity contribution in [3.8, 4) is 0 Å². The Balaban J connectivity index is 1.75. The van der Waals surface area contributed by atoms with Crippen molar-refractivity contribution in [2.24, 2.45) is 4.99 Å². The van der Waals surface area contributed by atoms with E-state index in [0.29, 0.717) is 11.3 Å². The molecule has 15 nitrogen and oxygen atoms in total. The molecule has 0 radical (unpaired) electrons. The average Bonchev–Trinajstić information content (AvgIpc) is 3.45. The summed E-state index contributed by atoms with van der Waals surface area (Å²) in [5.74, 6) is -0.321. The lowest BCUT2D eigenvalue weighted by Gasteiger charge is -2.32. The topological polar surface area (TPSA) is 166 Å². The second-order valence-corrected chi connectivity index (χ2v) is 13.9. The number of hydrogen-bond acceptors (Lipinski definition) is 9. The van der Waals surface area contributed by atoms with Crippen LogP contribution < -0.4 is 10.6 Å². The second kappa shape index (κ2) is 13.0. The van der Waals surface area contributed by atoms with E-state index in [1.165, 1.54) is 20.8 Å². The van der Waals surface area contributed by atoms with Crippen LogP contribution in [0.1, 0.15) is 91.2 Å². The zero-order chi connectivity index (χ0) is 34.0. The van der Waals surface area contributed by atoms with Gasteiger partial charge in [-0.25, -0.2) is 23.9 Å². The molecule has 2 N–H and O–H groups in total. The van der Waals surface area contributed by atoms with Crippen molar-refractivity contribution in [1.29, 1.82) is 0 Å². The van der Waals surface area contributed by atoms with Crippen molar-refractivity contribution < 1.29 is 38.2 Å². The number of hydroxylamine groups is 2. The summed E-state index contributed by atoms with van der Waals surface area (Å²) in [6, 6.07) is 7.52. The van der Waals surface area contributed by atoms with E-state index in [1.54, 1.807) is 62.3 Å². The van der Waals surface area contributed by atoms with Crippen molar-refractivity contribution in [3.05, 3.63) is 53.3 Å². The number of aliphatic imine (C=N–C) groups is 1. The lowest BCUT2D eigenvalue weighted by Crippen LogP contribution is -2.46. The quantitative estimate of drug-likeness (QED) is 0.258. The van der Waals surface area contributed by atoms with Gasteiger partial charge in [-0.3, -0.25) is 10.2 Å². The number of ether oxygens (including phenoxy) is 3. The molecular weight excluding hydrogens is 598 g/mol. The summed E-state index contributed by atoms with van der Waals surface area (Å²) >= 11 is 0. The molecule has 4 rings (SSSR count). The first-order chi connectivity index (χ1) is 21.3. The molecule has 2 atom stereocenters. The summed E-state index contributed by atoms with van der Waals surface area (Å²) in [5.41, 5.74) is -0.698. The van der Waals surface area contributed by atoms with Gasteiger partial charge in [0, 0.05) is 12.1 Å². The first-order valence-corrected chi connectivity index (χ1v) is 14.9. The van der Waals surface area contributed by atoms with E-state index in [0.717, 1.165) is 5.56 Å². The summed E-state index contributed by atoms with van der Waals surface area (Å²) in [7, 11) is 0. The van der Waals surface area contributed by atoms with Crippen LogP contribution >= 0.6 is 0 Å². The third-order valence-corrected chi connectivity index (χ3v) is 6.43. The van der Waals surface area contributed by atoms with Crippen molar-refractivity contribution in [2.75, 3.05) is 13.1 Å². The Morgan fingerprint density at radius 2 is 1.52 bits per heavy atom. The monoisotopic (exact) mass is 641 g/mol. The molecule has 0 unspecified atom stereocenters. The van der Waals surface area contributed by atoms with Gasteiger partial charge in [0.15, 0.2) is 0 Å². The van der Waals surface area contributed by atoms with Gasteiger partial charge < -0.3 is 24.4 Å². The van der Waals surface area contributed by atoms with Crippen LogP contribution in [0.15, 0.2) is 41.5 Å². The number of hydrogen-bond donors (Lipinski definition) is 2. The molecule has 5 amide bonds. The third-order valence-electron chi connectivity index (χ3n) is 6.43. The van der Waals surface area contributed by atoms with E-state index >= 15 is 0 Å². The smallest absolute Gasteiger partial charge is 0.437 e. The number of carbonyl (C=O) groups is 4. The number of carbonyl (C=O) groups excluding carboxylic acids is 4. The normalized spacial score (nSPS) is 18.2. The molecule has 250 valence electrons. The number of nitrogens with one attached hydrogen (secondary N) is 2. The van der Waals surface area contributed by atoms with E-state index in [-0.39, 0.29) is 25.7 Å². The molecule has 1 aromatic carbocycles. The predicted octanol–water partition coefficient (Wildman–Crippen LogP) is 5.04. The molecule has 46 heavy (non-hydrogen) atoms. The minimum absolute atomic E-state index is 0.0925. The van der Waals surface area contributed by atoms with Gasteiger partial charge in [-0.2, -0.15) is 10.2 Å². The van der Waals surface area contributed by atoms with Crippen LogP contribution in [0.3, 0.4) is 0 Å². The standard InChI is InChI=1S/C31H43N7O8/c1-29(2,3)44-25(39)32-16-21-23-20(22-17-36(21)28(42)38(22)43-18-19-13-11-10-12-14-19)15-33-37(23)24(34-26(40)45-30(4,5)6)35-27(41)46-31(7,8)9/h10-15,21-22H,16-18H2,1-9H3,(H,32,39)(H,34,35,40,41)/t21-,22-/m1/s1. The number of fused-ring (bicyclic) bond motifs is 4. The maximum absolute atomic E-state index is 13.8. The van der Waals surface area contributed by atoms with Gasteiger partial charge in [0.25, 0.3) is 0 Å². The molecule has 0 aliphatic carbocycles. The number of rotatable bonds is 5. The third kappa shape index (κ3) is 8.74. The van der Waals surface area contributed by atoms with Crippen LogP contribution in [0.25, 0.3) is 0 Å². The number of aromatic nitrogens is 2. The lowest BCUT2D eigenvalue weighted by atomic mass is 9.98. The Kier molecular flexibility index (Phi) is 9.66. The molecule has 1 fully saturated rings. The molecule has 15 heteroatoms. The van der Waals surface area contributed by atoms with Gasteiger partial charge in [0.2, 0.25) is 5.96 Å². The first-order valence-electron chi connectivity index (χ1n) is 14.9. The van der Waals surface area contributed by atoms with Gasteiger partial charge >= 0.3 is 24.3 Å². The van der Waals surface area contributed by atoms with Crippen molar-refractivity contribution in [1.82, 2.24) is 30.4 Å². The maximum atomic E-state index is 13.8. The highest BCUT2D eigenvalue weighted by atomic mass is 16.7. The highest BCUT2D eigenvalue weighted by Crippen LogP contribution is 2.44. The Labute approximate surface area is 268 Å². The van der Waals surface area contributed by atoms with Crippen molar-refractivity contribution >= 4 is 30.3 Å². The van der Waals surface area contributed by atoms with Crippen molar-refractivity contribution in [3.63, 3.8) is 0 Å². The zero-order valence-electron chi connectivity index (χ0n) is 27.7. The highest BCUT2D eigenvalue weighted by molar-refractivity contribution is 6.00. The van der Waals surface area contributed by atoms with E-state index in [1.807, 2.05) is 30.3 Å². The van der Waals surface area contributed by atoms with Gasteiger partial charge in [0.05, 0.1) is 24.5 Å². The molecule has 0 saturated carbocycles. The van der Waals surface area contributed by atoms with Crippen LogP contribution in [0, 0.1) is 0 Å². The van der Waals surface area contributed by atoms with Crippen LogP contribution in [-0.2, 0) is 25.7 Å². The number of benzene rings is 1. The molecular formula is C31H43N7O8. The summed E-state index contributed by atoms with van der Waals surface area (Å²) < 4.78 is 17.5. The predicted molar refractivity (Wildman–Crippen MR) is 166 cm³/mol. The van der Waals surface area contributed by atoms with Crippen LogP contribution in [0.5, 0.6) is 0 Å². The van der Waals surface area contributed by atoms with E-state index in [9.17, 15) is 19.2 Å². The largest absolute Gasteiger partial charge is 0.444 e. The fourth-order valence-corrected chi connectivity index (χ4v) is 4.82. The fraction of sp³-hybridized carbons (Fsp3) is 0.548. The Bertz CT molecular complexity index is 1480. The minimum Gasteiger partial charge on any atom is -0.444 e. The van der Waals surface area contributed by atoms with Crippen molar-refractivity contribution in [2.45, 2.75) is 97.8 Å².